The van der Waals surface area contributed by atoms with Gasteiger partial charge in [0.1, 0.15) is 11.3 Å². The van der Waals surface area contributed by atoms with Crippen LogP contribution >= 0.6 is 39.1 Å². The summed E-state index contributed by atoms with van der Waals surface area (Å²) in [4.78, 5) is 4.36. The van der Waals surface area contributed by atoms with Gasteiger partial charge in [0.25, 0.3) is 0 Å². The molecule has 1 aromatic heterocycles. The molecule has 3 rings (SSSR count). The van der Waals surface area contributed by atoms with E-state index in [4.69, 9.17) is 23.2 Å². The maximum atomic E-state index is 13.2. The third-order valence-corrected chi connectivity index (χ3v) is 4.41. The minimum Gasteiger partial charge on any atom is -0.310 e. The average molecular weight is 388 g/mol. The molecule has 0 aliphatic carbocycles. The Morgan fingerprint density at radius 2 is 2.00 bits per heavy atom. The van der Waals surface area contributed by atoms with Crippen molar-refractivity contribution < 1.29 is 4.39 Å². The van der Waals surface area contributed by atoms with Crippen molar-refractivity contribution in [2.45, 2.75) is 13.5 Å². The van der Waals surface area contributed by atoms with Gasteiger partial charge in [0, 0.05) is 4.47 Å². The molecule has 108 valence electrons. The quantitative estimate of drug-likeness (QED) is 0.559. The molecule has 2 nitrogen and oxygen atoms in total. The number of aryl methyl sites for hydroxylation is 1. The van der Waals surface area contributed by atoms with Crippen LogP contribution in [0.1, 0.15) is 11.1 Å². The molecule has 0 aliphatic rings. The number of hydrogen-bond acceptors (Lipinski definition) is 1. The first-order valence-electron chi connectivity index (χ1n) is 6.21. The molecule has 0 amide bonds. The molecule has 21 heavy (non-hydrogen) atoms. The van der Waals surface area contributed by atoms with Crippen LogP contribution in [0.3, 0.4) is 0 Å². The van der Waals surface area contributed by atoms with Crippen LogP contribution in [-0.4, -0.2) is 9.55 Å². The fourth-order valence-electron chi connectivity index (χ4n) is 2.26. The van der Waals surface area contributed by atoms with Gasteiger partial charge in [-0.2, -0.15) is 0 Å². The van der Waals surface area contributed by atoms with Crippen LogP contribution in [0.5, 0.6) is 0 Å². The Bertz CT molecular complexity index is 845. The first-order valence-corrected chi connectivity index (χ1v) is 7.76. The second-order valence-corrected chi connectivity index (χ2v) is 6.43. The lowest BCUT2D eigenvalue weighted by molar-refractivity contribution is 0.627. The Morgan fingerprint density at radius 1 is 1.24 bits per heavy atom. The van der Waals surface area contributed by atoms with Gasteiger partial charge in [-0.1, -0.05) is 17.7 Å². The predicted octanol–water partition coefficient (Wildman–Crippen LogP) is 5.60. The molecule has 0 N–H and O–H groups in total. The van der Waals surface area contributed by atoms with Crippen LogP contribution in [0.15, 0.2) is 34.8 Å². The third kappa shape index (κ3) is 2.80. The molecule has 0 aliphatic heterocycles. The highest BCUT2D eigenvalue weighted by Crippen LogP contribution is 2.29. The first-order chi connectivity index (χ1) is 9.95. The predicted molar refractivity (Wildman–Crippen MR) is 87.7 cm³/mol. The van der Waals surface area contributed by atoms with Gasteiger partial charge in [-0.15, -0.1) is 0 Å². The van der Waals surface area contributed by atoms with Crippen molar-refractivity contribution >= 4 is 50.2 Å². The van der Waals surface area contributed by atoms with Gasteiger partial charge in [-0.05, 0) is 69.8 Å². The summed E-state index contributed by atoms with van der Waals surface area (Å²) in [5.41, 5.74) is 3.69. The Hall–Kier alpha value is -1.10. The summed E-state index contributed by atoms with van der Waals surface area (Å²) in [5.74, 6) is -0.430. The van der Waals surface area contributed by atoms with Gasteiger partial charge in [-0.25, -0.2) is 9.37 Å². The monoisotopic (exact) mass is 386 g/mol. The number of rotatable bonds is 2. The highest BCUT2D eigenvalue weighted by Gasteiger charge is 2.13. The van der Waals surface area contributed by atoms with E-state index in [1.165, 1.54) is 6.07 Å². The van der Waals surface area contributed by atoms with Crippen molar-refractivity contribution in [3.8, 4) is 0 Å². The molecule has 2 aromatic carbocycles. The molecule has 0 atom stereocenters. The lowest BCUT2D eigenvalue weighted by atomic mass is 10.2. The van der Waals surface area contributed by atoms with Crippen molar-refractivity contribution in [1.29, 1.82) is 0 Å². The van der Waals surface area contributed by atoms with Crippen molar-refractivity contribution in [3.63, 3.8) is 0 Å². The lowest BCUT2D eigenvalue weighted by Gasteiger charge is -2.08. The summed E-state index contributed by atoms with van der Waals surface area (Å²) < 4.78 is 16.0. The van der Waals surface area contributed by atoms with Gasteiger partial charge >= 0.3 is 0 Å². The van der Waals surface area contributed by atoms with Crippen LogP contribution in [0.2, 0.25) is 10.3 Å². The summed E-state index contributed by atoms with van der Waals surface area (Å²) in [7, 11) is 0. The van der Waals surface area contributed by atoms with Crippen molar-refractivity contribution in [1.82, 2.24) is 9.55 Å². The summed E-state index contributed by atoms with van der Waals surface area (Å²) in [6.45, 7) is 2.48. The van der Waals surface area contributed by atoms with E-state index in [0.717, 1.165) is 26.6 Å². The normalized spacial score (nSPS) is 11.3. The molecule has 0 unspecified atom stereocenters. The Balaban J connectivity index is 2.11. The molecule has 0 radical (unpaired) electrons. The van der Waals surface area contributed by atoms with E-state index in [0.29, 0.717) is 11.8 Å². The van der Waals surface area contributed by atoms with E-state index in [1.807, 2.05) is 23.6 Å². The van der Waals surface area contributed by atoms with Crippen LogP contribution in [0, 0.1) is 12.7 Å². The van der Waals surface area contributed by atoms with Gasteiger partial charge in [-0.3, -0.25) is 0 Å². The SMILES string of the molecule is Cc1cc(Br)c2nc(Cl)n(Cc3ccc(F)c(Cl)c3)c2c1. The highest BCUT2D eigenvalue weighted by atomic mass is 79.9. The smallest absolute Gasteiger partial charge is 0.204 e. The van der Waals surface area contributed by atoms with Crippen molar-refractivity contribution in [2.75, 3.05) is 0 Å². The average Bonchev–Trinajstić information content (AvgIpc) is 2.72. The Labute approximate surface area is 139 Å². The van der Waals surface area contributed by atoms with E-state index < -0.39 is 5.82 Å². The highest BCUT2D eigenvalue weighted by molar-refractivity contribution is 9.10. The zero-order valence-corrected chi connectivity index (χ0v) is 14.1. The second-order valence-electron chi connectivity index (χ2n) is 4.83. The number of hydrogen-bond donors (Lipinski definition) is 0. The second kappa shape index (κ2) is 5.59. The van der Waals surface area contributed by atoms with Crippen molar-refractivity contribution in [3.05, 3.63) is 62.1 Å². The molecular formula is C15H10BrCl2FN2. The number of halogens is 4. The Morgan fingerprint density at radius 3 is 2.71 bits per heavy atom. The largest absolute Gasteiger partial charge is 0.310 e. The van der Waals surface area contributed by atoms with E-state index in [1.54, 1.807) is 12.1 Å². The van der Waals surface area contributed by atoms with Crippen LogP contribution in [0.25, 0.3) is 11.0 Å². The summed E-state index contributed by atoms with van der Waals surface area (Å²) >= 11 is 15.6. The zero-order chi connectivity index (χ0) is 15.1. The summed E-state index contributed by atoms with van der Waals surface area (Å²) in [5, 5.41) is 0.488. The first kappa shape index (κ1) is 14.8. The fourth-order valence-corrected chi connectivity index (χ4v) is 3.35. The third-order valence-electron chi connectivity index (χ3n) is 3.23. The standard InChI is InChI=1S/C15H10BrCl2FN2/c1-8-4-10(16)14-13(5-8)21(15(18)20-14)7-9-2-3-12(19)11(17)6-9/h2-6H,7H2,1H3. The number of benzene rings is 2. The summed E-state index contributed by atoms with van der Waals surface area (Å²) in [6.07, 6.45) is 0. The maximum Gasteiger partial charge on any atom is 0.204 e. The molecule has 3 aromatic rings. The van der Waals surface area contributed by atoms with Crippen molar-refractivity contribution in [2.24, 2.45) is 0 Å². The van der Waals surface area contributed by atoms with Gasteiger partial charge < -0.3 is 4.57 Å². The van der Waals surface area contributed by atoms with Gasteiger partial charge in [0.05, 0.1) is 17.1 Å². The molecule has 0 saturated heterocycles. The zero-order valence-electron chi connectivity index (χ0n) is 11.0. The van der Waals surface area contributed by atoms with E-state index >= 15 is 0 Å². The molecule has 1 heterocycles. The topological polar surface area (TPSA) is 17.8 Å². The fraction of sp³-hybridized carbons (Fsp3) is 0.133. The van der Waals surface area contributed by atoms with Gasteiger partial charge in [0.15, 0.2) is 0 Å². The number of aromatic nitrogens is 2. The van der Waals surface area contributed by atoms with Crippen LogP contribution in [0.4, 0.5) is 4.39 Å². The molecular weight excluding hydrogens is 378 g/mol. The minimum atomic E-state index is -0.430. The number of imidazole rings is 1. The lowest BCUT2D eigenvalue weighted by Crippen LogP contribution is -2.00. The molecule has 0 fully saturated rings. The number of nitrogens with zero attached hydrogens (tertiary/aromatic N) is 2. The minimum absolute atomic E-state index is 0.102. The maximum absolute atomic E-state index is 13.2. The molecule has 0 bridgehead atoms. The van der Waals surface area contributed by atoms with E-state index in [-0.39, 0.29) is 5.02 Å². The molecule has 0 spiro atoms. The van der Waals surface area contributed by atoms with E-state index in [2.05, 4.69) is 20.9 Å². The molecule has 6 heteroatoms. The van der Waals surface area contributed by atoms with E-state index in [9.17, 15) is 4.39 Å². The Kier molecular flexibility index (Phi) is 3.95. The summed E-state index contributed by atoms with van der Waals surface area (Å²) in [6, 6.07) is 8.65. The van der Waals surface area contributed by atoms with Crippen LogP contribution < -0.4 is 0 Å². The number of fused-ring (bicyclic) bond motifs is 1. The van der Waals surface area contributed by atoms with Gasteiger partial charge in [0.2, 0.25) is 5.28 Å². The van der Waals surface area contributed by atoms with Crippen LogP contribution in [-0.2, 0) is 6.54 Å². The molecule has 0 saturated carbocycles.